The van der Waals surface area contributed by atoms with Crippen molar-refractivity contribution in [2.75, 3.05) is 18.0 Å². The van der Waals surface area contributed by atoms with Crippen molar-refractivity contribution in [3.8, 4) is 5.75 Å². The summed E-state index contributed by atoms with van der Waals surface area (Å²) in [5.41, 5.74) is 2.51. The smallest absolute Gasteiger partial charge is 0.273 e. The highest BCUT2D eigenvalue weighted by Gasteiger charge is 2.31. The van der Waals surface area contributed by atoms with Crippen molar-refractivity contribution in [1.29, 1.82) is 0 Å². The SMILES string of the molecule is COc1ccc(Cl)cc1N(CC(=O)NN=Cc1ccc(Cl)cc1Cl)S(=O)(=O)c1ccc(C)c([N+](=O)[O-])c1. The molecule has 0 saturated carbocycles. The van der Waals surface area contributed by atoms with Crippen LogP contribution in [0.4, 0.5) is 11.4 Å². The number of amides is 1. The van der Waals surface area contributed by atoms with Gasteiger partial charge in [-0.1, -0.05) is 46.9 Å². The highest BCUT2D eigenvalue weighted by atomic mass is 35.5. The number of carbonyl (C=O) groups is 1. The van der Waals surface area contributed by atoms with Crippen LogP contribution in [0.25, 0.3) is 0 Å². The fraction of sp³-hybridized carbons (Fsp3) is 0.130. The highest BCUT2D eigenvalue weighted by Crippen LogP contribution is 2.35. The molecule has 10 nitrogen and oxygen atoms in total. The van der Waals surface area contributed by atoms with Gasteiger partial charge in [-0.3, -0.25) is 19.2 Å². The van der Waals surface area contributed by atoms with E-state index in [4.69, 9.17) is 39.5 Å². The molecule has 3 rings (SSSR count). The lowest BCUT2D eigenvalue weighted by Crippen LogP contribution is -2.39. The molecule has 0 heterocycles. The Bertz CT molecular complexity index is 1500. The largest absolute Gasteiger partial charge is 0.495 e. The van der Waals surface area contributed by atoms with Gasteiger partial charge in [0.2, 0.25) is 0 Å². The second-order valence-corrected chi connectivity index (χ2v) is 10.6. The zero-order valence-corrected chi connectivity index (χ0v) is 22.4. The molecular weight excluding hydrogens is 567 g/mol. The Labute approximate surface area is 227 Å². The van der Waals surface area contributed by atoms with Crippen LogP contribution in [-0.4, -0.2) is 39.1 Å². The van der Waals surface area contributed by atoms with E-state index in [1.165, 1.54) is 56.6 Å². The number of hydrogen-bond donors (Lipinski definition) is 1. The predicted octanol–water partition coefficient (Wildman–Crippen LogP) is 5.22. The second-order valence-electron chi connectivity index (χ2n) is 7.49. The molecule has 194 valence electrons. The molecular formula is C23H19Cl3N4O6S. The maximum absolute atomic E-state index is 13.7. The third kappa shape index (κ3) is 6.69. The molecule has 3 aromatic rings. The monoisotopic (exact) mass is 584 g/mol. The summed E-state index contributed by atoms with van der Waals surface area (Å²) in [6, 6.07) is 12.3. The summed E-state index contributed by atoms with van der Waals surface area (Å²) >= 11 is 18.0. The van der Waals surface area contributed by atoms with Gasteiger partial charge in [-0.05, 0) is 43.3 Å². The fourth-order valence-electron chi connectivity index (χ4n) is 3.18. The fourth-order valence-corrected chi connectivity index (χ4v) is 5.24. The summed E-state index contributed by atoms with van der Waals surface area (Å²) in [7, 11) is -3.20. The number of methoxy groups -OCH3 is 1. The Hall–Kier alpha value is -3.38. The number of benzene rings is 3. The van der Waals surface area contributed by atoms with Crippen LogP contribution in [0.2, 0.25) is 15.1 Å². The van der Waals surface area contributed by atoms with Crippen LogP contribution >= 0.6 is 34.8 Å². The van der Waals surface area contributed by atoms with Crippen LogP contribution in [0.5, 0.6) is 5.75 Å². The number of halogens is 3. The van der Waals surface area contributed by atoms with Crippen molar-refractivity contribution in [2.45, 2.75) is 11.8 Å². The number of rotatable bonds is 9. The van der Waals surface area contributed by atoms with E-state index < -0.39 is 38.0 Å². The number of nitro groups is 1. The van der Waals surface area contributed by atoms with Gasteiger partial charge in [0.1, 0.15) is 12.3 Å². The number of hydrazone groups is 1. The zero-order valence-electron chi connectivity index (χ0n) is 19.3. The van der Waals surface area contributed by atoms with Gasteiger partial charge in [-0.25, -0.2) is 13.8 Å². The lowest BCUT2D eigenvalue weighted by atomic mass is 10.2. The van der Waals surface area contributed by atoms with E-state index in [0.29, 0.717) is 15.6 Å². The average Bonchev–Trinajstić information content (AvgIpc) is 2.83. The van der Waals surface area contributed by atoms with Crippen LogP contribution in [0, 0.1) is 17.0 Å². The van der Waals surface area contributed by atoms with Gasteiger partial charge in [0.25, 0.3) is 21.6 Å². The number of ether oxygens (including phenoxy) is 1. The van der Waals surface area contributed by atoms with Crippen molar-refractivity contribution in [3.63, 3.8) is 0 Å². The summed E-state index contributed by atoms with van der Waals surface area (Å²) in [4.78, 5) is 23.1. The van der Waals surface area contributed by atoms with Crippen molar-refractivity contribution in [2.24, 2.45) is 5.10 Å². The molecule has 14 heteroatoms. The number of carbonyl (C=O) groups excluding carboxylic acids is 1. The zero-order chi connectivity index (χ0) is 27.3. The first kappa shape index (κ1) is 28.2. The molecule has 0 spiro atoms. The Balaban J connectivity index is 2.00. The third-order valence-electron chi connectivity index (χ3n) is 5.02. The molecule has 0 unspecified atom stereocenters. The summed E-state index contributed by atoms with van der Waals surface area (Å²) in [6.45, 7) is 0.719. The minimum atomic E-state index is -4.52. The third-order valence-corrected chi connectivity index (χ3v) is 7.57. The second kappa shape index (κ2) is 11.8. The number of aryl methyl sites for hydroxylation is 1. The number of hydrogen-bond acceptors (Lipinski definition) is 7. The summed E-state index contributed by atoms with van der Waals surface area (Å²) < 4.78 is 33.3. The van der Waals surface area contributed by atoms with E-state index in [-0.39, 0.29) is 22.0 Å². The van der Waals surface area contributed by atoms with Gasteiger partial charge < -0.3 is 4.74 Å². The van der Waals surface area contributed by atoms with Gasteiger partial charge >= 0.3 is 0 Å². The Morgan fingerprint density at radius 3 is 2.43 bits per heavy atom. The molecule has 0 aliphatic rings. The average molecular weight is 586 g/mol. The number of anilines is 1. The first-order valence-electron chi connectivity index (χ1n) is 10.3. The summed E-state index contributed by atoms with van der Waals surface area (Å²) in [6.07, 6.45) is 1.26. The first-order chi connectivity index (χ1) is 17.4. The highest BCUT2D eigenvalue weighted by molar-refractivity contribution is 7.92. The Morgan fingerprint density at radius 1 is 1.11 bits per heavy atom. The topological polar surface area (TPSA) is 131 Å². The van der Waals surface area contributed by atoms with Crippen molar-refractivity contribution < 1.29 is 22.9 Å². The number of nitrogens with zero attached hydrogens (tertiary/aromatic N) is 3. The molecule has 3 aromatic carbocycles. The minimum absolute atomic E-state index is 0.0573. The molecule has 1 N–H and O–H groups in total. The lowest BCUT2D eigenvalue weighted by molar-refractivity contribution is -0.385. The molecule has 0 aromatic heterocycles. The van der Waals surface area contributed by atoms with Crippen LogP contribution in [0.1, 0.15) is 11.1 Å². The van der Waals surface area contributed by atoms with Crippen molar-refractivity contribution in [1.82, 2.24) is 5.43 Å². The summed E-state index contributed by atoms with van der Waals surface area (Å²) in [5.74, 6) is -0.729. The van der Waals surface area contributed by atoms with Crippen LogP contribution in [0.3, 0.4) is 0 Å². The van der Waals surface area contributed by atoms with E-state index in [1.807, 2.05) is 0 Å². The molecule has 0 radical (unpaired) electrons. The predicted molar refractivity (Wildman–Crippen MR) is 143 cm³/mol. The minimum Gasteiger partial charge on any atom is -0.495 e. The van der Waals surface area contributed by atoms with E-state index in [9.17, 15) is 23.3 Å². The number of sulfonamides is 1. The summed E-state index contributed by atoms with van der Waals surface area (Å²) in [5, 5.41) is 16.1. The van der Waals surface area contributed by atoms with Crippen molar-refractivity contribution >= 4 is 68.3 Å². The normalized spacial score (nSPS) is 11.4. The number of nitro benzene ring substituents is 1. The van der Waals surface area contributed by atoms with Crippen LogP contribution < -0.4 is 14.5 Å². The van der Waals surface area contributed by atoms with Gasteiger partial charge in [-0.15, -0.1) is 0 Å². The molecule has 0 saturated heterocycles. The van der Waals surface area contributed by atoms with Crippen LogP contribution in [0.15, 0.2) is 64.6 Å². The first-order valence-corrected chi connectivity index (χ1v) is 12.9. The van der Waals surface area contributed by atoms with E-state index in [1.54, 1.807) is 12.1 Å². The Morgan fingerprint density at radius 2 is 1.78 bits per heavy atom. The quantitative estimate of drug-likeness (QED) is 0.208. The Kier molecular flexibility index (Phi) is 8.98. The molecule has 0 bridgehead atoms. The van der Waals surface area contributed by atoms with Crippen LogP contribution in [-0.2, 0) is 14.8 Å². The van der Waals surface area contributed by atoms with E-state index in [2.05, 4.69) is 10.5 Å². The van der Waals surface area contributed by atoms with Gasteiger partial charge in [-0.2, -0.15) is 5.10 Å². The number of nitrogens with one attached hydrogen (secondary N) is 1. The molecule has 37 heavy (non-hydrogen) atoms. The molecule has 0 aliphatic heterocycles. The molecule has 0 aliphatic carbocycles. The van der Waals surface area contributed by atoms with E-state index in [0.717, 1.165) is 10.4 Å². The molecule has 0 atom stereocenters. The lowest BCUT2D eigenvalue weighted by Gasteiger charge is -2.25. The molecule has 0 fully saturated rings. The van der Waals surface area contributed by atoms with Gasteiger partial charge in [0.05, 0.1) is 33.9 Å². The standard InChI is InChI=1S/C23H19Cl3N4O6S/c1-14-3-7-18(11-20(14)30(32)33)37(34,35)29(21-10-17(25)6-8-22(21)36-2)13-23(31)28-27-12-15-4-5-16(24)9-19(15)26/h3-12H,13H2,1-2H3,(H,28,31). The maximum Gasteiger partial charge on any atom is 0.273 e. The molecule has 1 amide bonds. The van der Waals surface area contributed by atoms with Gasteiger partial charge in [0, 0.05) is 27.2 Å². The van der Waals surface area contributed by atoms with E-state index >= 15 is 0 Å². The van der Waals surface area contributed by atoms with Crippen molar-refractivity contribution in [3.05, 3.63) is 90.9 Å². The maximum atomic E-state index is 13.7. The van der Waals surface area contributed by atoms with Gasteiger partial charge in [0.15, 0.2) is 0 Å².